The van der Waals surface area contributed by atoms with Crippen LogP contribution in [0.25, 0.3) is 5.65 Å². The van der Waals surface area contributed by atoms with Crippen molar-refractivity contribution in [3.8, 4) is 0 Å². The van der Waals surface area contributed by atoms with Gasteiger partial charge in [-0.25, -0.2) is 9.50 Å². The Bertz CT molecular complexity index is 1190. The van der Waals surface area contributed by atoms with Crippen molar-refractivity contribution >= 4 is 28.7 Å². The van der Waals surface area contributed by atoms with Gasteiger partial charge in [-0.1, -0.05) is 20.8 Å². The first kappa shape index (κ1) is 24.9. The van der Waals surface area contributed by atoms with Crippen LogP contribution in [0.5, 0.6) is 0 Å². The first-order valence-corrected chi connectivity index (χ1v) is 12.8. The Morgan fingerprint density at radius 3 is 2.46 bits per heavy atom. The van der Waals surface area contributed by atoms with E-state index in [-0.39, 0.29) is 11.7 Å². The molecule has 2 aliphatic rings. The van der Waals surface area contributed by atoms with E-state index in [0.717, 1.165) is 48.4 Å². The Hall–Kier alpha value is -3.26. The van der Waals surface area contributed by atoms with Crippen LogP contribution in [-0.4, -0.2) is 63.4 Å². The molecule has 2 fully saturated rings. The molecule has 1 N–H and O–H groups in total. The highest BCUT2D eigenvalue weighted by molar-refractivity contribution is 6.10. The van der Waals surface area contributed by atoms with Crippen LogP contribution in [0.1, 0.15) is 73.2 Å². The quantitative estimate of drug-likeness (QED) is 0.530. The van der Waals surface area contributed by atoms with Crippen molar-refractivity contribution in [3.05, 3.63) is 53.5 Å². The lowest BCUT2D eigenvalue weighted by atomic mass is 9.96. The van der Waals surface area contributed by atoms with Gasteiger partial charge in [0.1, 0.15) is 5.56 Å². The van der Waals surface area contributed by atoms with Crippen molar-refractivity contribution in [1.29, 1.82) is 0 Å². The number of fused-ring (bicyclic) bond motifs is 1. The molecule has 2 aromatic heterocycles. The Morgan fingerprint density at radius 2 is 1.83 bits per heavy atom. The van der Waals surface area contributed by atoms with Crippen molar-refractivity contribution in [1.82, 2.24) is 19.5 Å². The summed E-state index contributed by atoms with van der Waals surface area (Å²) >= 11 is 0. The minimum atomic E-state index is -0.252. The standard InChI is InChI=1S/C25H30N6O2.C2H6/c1-3-18-14-22(28-25(33)21-16-27-31-11-4-8-26-24(21)31)23(15-20(18)17(2)32)30-12-6-19(7-13-30)29-9-5-10-29;1-2/h4,8,11,14-16,19H,3,5-7,9-10,12-13H2,1-2H3,(H,28,33);1-2H3. The lowest BCUT2D eigenvalue weighted by Gasteiger charge is -2.43. The van der Waals surface area contributed by atoms with Gasteiger partial charge in [0, 0.05) is 37.1 Å². The molecule has 5 rings (SSSR count). The highest BCUT2D eigenvalue weighted by Crippen LogP contribution is 2.34. The SMILES string of the molecule is CC.CCc1cc(NC(=O)c2cnn3cccnc23)c(N2CCC(N3CCC3)CC2)cc1C(C)=O. The zero-order valence-corrected chi connectivity index (χ0v) is 21.3. The minimum Gasteiger partial charge on any atom is -0.370 e. The maximum absolute atomic E-state index is 13.2. The number of aromatic nitrogens is 3. The van der Waals surface area contributed by atoms with Crippen molar-refractivity contribution in [2.24, 2.45) is 0 Å². The molecular formula is C27H36N6O2. The molecule has 0 spiro atoms. The van der Waals surface area contributed by atoms with Gasteiger partial charge < -0.3 is 15.1 Å². The summed E-state index contributed by atoms with van der Waals surface area (Å²) in [6.45, 7) is 11.9. The van der Waals surface area contributed by atoms with Gasteiger partial charge in [0.25, 0.3) is 5.91 Å². The maximum atomic E-state index is 13.2. The average molecular weight is 477 g/mol. The van der Waals surface area contributed by atoms with Gasteiger partial charge in [-0.05, 0) is 69.5 Å². The molecule has 4 heterocycles. The van der Waals surface area contributed by atoms with Crippen LogP contribution in [0, 0.1) is 0 Å². The summed E-state index contributed by atoms with van der Waals surface area (Å²) in [6, 6.07) is 6.34. The number of carbonyl (C=O) groups is 2. The van der Waals surface area contributed by atoms with E-state index in [4.69, 9.17) is 0 Å². The van der Waals surface area contributed by atoms with Gasteiger partial charge in [-0.3, -0.25) is 9.59 Å². The number of Topliss-reactive ketones (excluding diaryl/α,β-unsaturated/α-hetero) is 1. The number of carbonyl (C=O) groups excluding carboxylic acids is 2. The summed E-state index contributed by atoms with van der Waals surface area (Å²) in [7, 11) is 0. The smallest absolute Gasteiger partial charge is 0.261 e. The number of hydrogen-bond donors (Lipinski definition) is 1. The number of piperidine rings is 1. The molecule has 1 aromatic carbocycles. The van der Waals surface area contributed by atoms with Gasteiger partial charge in [-0.2, -0.15) is 5.10 Å². The third-order valence-electron chi connectivity index (χ3n) is 6.97. The fourth-order valence-electron chi connectivity index (χ4n) is 4.97. The Kier molecular flexibility index (Phi) is 7.80. The predicted molar refractivity (Wildman–Crippen MR) is 140 cm³/mol. The molecule has 35 heavy (non-hydrogen) atoms. The Balaban J connectivity index is 0.00000141. The number of nitrogens with zero attached hydrogens (tertiary/aromatic N) is 5. The molecule has 3 aromatic rings. The van der Waals surface area contributed by atoms with E-state index in [9.17, 15) is 9.59 Å². The second-order valence-electron chi connectivity index (χ2n) is 8.94. The van der Waals surface area contributed by atoms with Gasteiger partial charge in [0.2, 0.25) is 0 Å². The van der Waals surface area contributed by atoms with Crippen molar-refractivity contribution in [2.75, 3.05) is 36.4 Å². The van der Waals surface area contributed by atoms with E-state index in [1.807, 2.05) is 32.9 Å². The molecule has 186 valence electrons. The monoisotopic (exact) mass is 476 g/mol. The number of nitrogens with one attached hydrogen (secondary N) is 1. The third kappa shape index (κ3) is 5.07. The number of rotatable bonds is 6. The second-order valence-corrected chi connectivity index (χ2v) is 8.94. The van der Waals surface area contributed by atoms with Crippen LogP contribution in [0.3, 0.4) is 0 Å². The molecule has 0 bridgehead atoms. The second kappa shape index (κ2) is 11.0. The van der Waals surface area contributed by atoms with E-state index in [1.54, 1.807) is 36.1 Å². The third-order valence-corrected chi connectivity index (χ3v) is 6.97. The van der Waals surface area contributed by atoms with E-state index in [0.29, 0.717) is 23.7 Å². The highest BCUT2D eigenvalue weighted by Gasteiger charge is 2.29. The van der Waals surface area contributed by atoms with Gasteiger partial charge in [-0.15, -0.1) is 0 Å². The molecule has 8 heteroatoms. The normalized spacial score (nSPS) is 16.4. The van der Waals surface area contributed by atoms with Crippen LogP contribution in [0.2, 0.25) is 0 Å². The van der Waals surface area contributed by atoms with E-state index in [2.05, 4.69) is 25.2 Å². The zero-order valence-electron chi connectivity index (χ0n) is 21.3. The molecule has 0 saturated carbocycles. The van der Waals surface area contributed by atoms with E-state index >= 15 is 0 Å². The zero-order chi connectivity index (χ0) is 24.9. The molecule has 2 saturated heterocycles. The van der Waals surface area contributed by atoms with Gasteiger partial charge >= 0.3 is 0 Å². The number of hydrogen-bond acceptors (Lipinski definition) is 6. The molecule has 0 aliphatic carbocycles. The topological polar surface area (TPSA) is 82.8 Å². The number of anilines is 2. The molecule has 2 aliphatic heterocycles. The summed E-state index contributed by atoms with van der Waals surface area (Å²) in [5.74, 6) is -0.202. The molecule has 8 nitrogen and oxygen atoms in total. The first-order valence-electron chi connectivity index (χ1n) is 12.8. The minimum absolute atomic E-state index is 0.0493. The van der Waals surface area contributed by atoms with Gasteiger partial charge in [0.15, 0.2) is 11.4 Å². The first-order chi connectivity index (χ1) is 17.0. The molecular weight excluding hydrogens is 440 g/mol. The van der Waals surface area contributed by atoms with Crippen molar-refractivity contribution in [2.45, 2.75) is 59.4 Å². The summed E-state index contributed by atoms with van der Waals surface area (Å²) in [5, 5.41) is 7.34. The van der Waals surface area contributed by atoms with Crippen LogP contribution < -0.4 is 10.2 Å². The summed E-state index contributed by atoms with van der Waals surface area (Å²) in [4.78, 5) is 34.8. The summed E-state index contributed by atoms with van der Waals surface area (Å²) in [5.41, 5.74) is 4.26. The van der Waals surface area contributed by atoms with Crippen LogP contribution in [0.15, 0.2) is 36.8 Å². The lowest BCUT2D eigenvalue weighted by molar-refractivity contribution is 0.1000. The van der Waals surface area contributed by atoms with Crippen LogP contribution >= 0.6 is 0 Å². The van der Waals surface area contributed by atoms with E-state index in [1.165, 1.54) is 19.5 Å². The Labute approximate surface area is 207 Å². The maximum Gasteiger partial charge on any atom is 0.261 e. The number of aryl methyl sites for hydroxylation is 1. The number of ketones is 1. The fraction of sp³-hybridized carbons (Fsp3) is 0.481. The van der Waals surface area contributed by atoms with Crippen LogP contribution in [0.4, 0.5) is 11.4 Å². The molecule has 0 radical (unpaired) electrons. The number of benzene rings is 1. The Morgan fingerprint density at radius 1 is 1.09 bits per heavy atom. The molecule has 0 atom stereocenters. The van der Waals surface area contributed by atoms with Gasteiger partial charge in [0.05, 0.1) is 17.6 Å². The van der Waals surface area contributed by atoms with Crippen molar-refractivity contribution in [3.63, 3.8) is 0 Å². The lowest BCUT2D eigenvalue weighted by Crippen LogP contribution is -2.50. The molecule has 1 amide bonds. The average Bonchev–Trinajstić information content (AvgIpc) is 3.29. The van der Waals surface area contributed by atoms with E-state index < -0.39 is 0 Å². The van der Waals surface area contributed by atoms with Crippen LogP contribution in [-0.2, 0) is 6.42 Å². The largest absolute Gasteiger partial charge is 0.370 e. The fourth-order valence-corrected chi connectivity index (χ4v) is 4.97. The molecule has 0 unspecified atom stereocenters. The number of amides is 1. The summed E-state index contributed by atoms with van der Waals surface area (Å²) in [6.07, 6.45) is 9.16. The summed E-state index contributed by atoms with van der Waals surface area (Å²) < 4.78 is 1.59. The predicted octanol–water partition coefficient (Wildman–Crippen LogP) is 4.45. The number of likely N-dealkylation sites (tertiary alicyclic amines) is 1. The van der Waals surface area contributed by atoms with Crippen molar-refractivity contribution < 1.29 is 9.59 Å². The highest BCUT2D eigenvalue weighted by atomic mass is 16.1.